The number of ketones is 1. The third-order valence-electron chi connectivity index (χ3n) is 2.64. The first kappa shape index (κ1) is 17.0. The zero-order chi connectivity index (χ0) is 15.1. The van der Waals surface area contributed by atoms with Crippen LogP contribution in [0.5, 0.6) is 0 Å². The number of hydrogen-bond donors (Lipinski definition) is 1. The third-order valence-corrected chi connectivity index (χ3v) is 3.19. The Labute approximate surface area is 128 Å². The van der Waals surface area contributed by atoms with E-state index in [9.17, 15) is 9.59 Å². The molecule has 0 saturated heterocycles. The van der Waals surface area contributed by atoms with Gasteiger partial charge in [-0.2, -0.15) is 0 Å². The Morgan fingerprint density at radius 2 is 2.00 bits per heavy atom. The highest BCUT2D eigenvalue weighted by atomic mass is 35.5. The van der Waals surface area contributed by atoms with Gasteiger partial charge in [-0.1, -0.05) is 30.1 Å². The number of carbonyl (C=O) groups excluding carboxylic acids is 2. The van der Waals surface area contributed by atoms with Crippen molar-refractivity contribution in [2.45, 2.75) is 26.3 Å². The fourth-order valence-electron chi connectivity index (χ4n) is 1.77. The summed E-state index contributed by atoms with van der Waals surface area (Å²) in [5.41, 5.74) is 0.339. The van der Waals surface area contributed by atoms with Crippen molar-refractivity contribution >= 4 is 35.0 Å². The molecule has 6 heteroatoms. The van der Waals surface area contributed by atoms with Crippen LogP contribution in [0.25, 0.3) is 0 Å². The van der Waals surface area contributed by atoms with Gasteiger partial charge in [0, 0.05) is 10.6 Å². The molecule has 0 aliphatic rings. The van der Waals surface area contributed by atoms with Crippen LogP contribution in [0, 0.1) is 0 Å². The SMILES string of the molecule is CCNC(CC(=O)OCC)C(=O)c1ccc(Cl)cc1Cl. The number of benzene rings is 1. The third kappa shape index (κ3) is 4.78. The molecule has 1 N–H and O–H groups in total. The molecule has 0 saturated carbocycles. The van der Waals surface area contributed by atoms with Gasteiger partial charge in [0.2, 0.25) is 0 Å². The number of rotatable bonds is 7. The predicted molar refractivity (Wildman–Crippen MR) is 79.5 cm³/mol. The second-order valence-corrected chi connectivity index (χ2v) is 4.95. The first-order valence-electron chi connectivity index (χ1n) is 6.37. The molecule has 0 fully saturated rings. The zero-order valence-corrected chi connectivity index (χ0v) is 12.9. The van der Waals surface area contributed by atoms with Gasteiger partial charge in [0.25, 0.3) is 0 Å². The highest BCUT2D eigenvalue weighted by Crippen LogP contribution is 2.22. The van der Waals surface area contributed by atoms with Crippen LogP contribution in [0.15, 0.2) is 18.2 Å². The average molecular weight is 318 g/mol. The number of Topliss-reactive ketones (excluding diaryl/α,β-unsaturated/α-hetero) is 1. The number of carbonyl (C=O) groups is 2. The molecule has 0 bridgehead atoms. The Hall–Kier alpha value is -1.10. The lowest BCUT2D eigenvalue weighted by Gasteiger charge is -2.16. The molecule has 0 heterocycles. The van der Waals surface area contributed by atoms with Gasteiger partial charge in [-0.05, 0) is 31.7 Å². The summed E-state index contributed by atoms with van der Waals surface area (Å²) in [7, 11) is 0. The number of esters is 1. The molecule has 0 spiro atoms. The molecule has 0 aromatic heterocycles. The summed E-state index contributed by atoms with van der Waals surface area (Å²) in [4.78, 5) is 23.9. The Morgan fingerprint density at radius 1 is 1.30 bits per heavy atom. The number of nitrogens with one attached hydrogen (secondary N) is 1. The van der Waals surface area contributed by atoms with Crippen molar-refractivity contribution in [2.24, 2.45) is 0 Å². The summed E-state index contributed by atoms with van der Waals surface area (Å²) in [5, 5.41) is 3.70. The van der Waals surface area contributed by atoms with Crippen LogP contribution in [-0.2, 0) is 9.53 Å². The molecule has 110 valence electrons. The summed E-state index contributed by atoms with van der Waals surface area (Å²) < 4.78 is 4.87. The van der Waals surface area contributed by atoms with E-state index in [1.807, 2.05) is 6.92 Å². The minimum Gasteiger partial charge on any atom is -0.466 e. The minimum atomic E-state index is -0.655. The quantitative estimate of drug-likeness (QED) is 0.620. The van der Waals surface area contributed by atoms with Gasteiger partial charge in [0.1, 0.15) is 0 Å². The van der Waals surface area contributed by atoms with Crippen molar-refractivity contribution in [1.82, 2.24) is 5.32 Å². The van der Waals surface area contributed by atoms with Gasteiger partial charge >= 0.3 is 5.97 Å². The van der Waals surface area contributed by atoms with Crippen LogP contribution in [0.3, 0.4) is 0 Å². The van der Waals surface area contributed by atoms with Crippen LogP contribution in [0.2, 0.25) is 10.0 Å². The van der Waals surface area contributed by atoms with Crippen LogP contribution in [0.4, 0.5) is 0 Å². The molecule has 0 radical (unpaired) electrons. The number of likely N-dealkylation sites (N-methyl/N-ethyl adjacent to an activating group) is 1. The molecule has 4 nitrogen and oxygen atoms in total. The number of ether oxygens (including phenoxy) is 1. The van der Waals surface area contributed by atoms with Crippen molar-refractivity contribution in [1.29, 1.82) is 0 Å². The van der Waals surface area contributed by atoms with Crippen LogP contribution in [0.1, 0.15) is 30.6 Å². The molecule has 1 atom stereocenters. The van der Waals surface area contributed by atoms with E-state index in [-0.39, 0.29) is 23.8 Å². The number of halogens is 2. The highest BCUT2D eigenvalue weighted by Gasteiger charge is 2.24. The second kappa shape index (κ2) is 8.25. The Balaban J connectivity index is 2.90. The molecule has 1 aromatic rings. The maximum absolute atomic E-state index is 12.4. The maximum Gasteiger partial charge on any atom is 0.307 e. The lowest BCUT2D eigenvalue weighted by Crippen LogP contribution is -2.39. The lowest BCUT2D eigenvalue weighted by atomic mass is 10.0. The van der Waals surface area contributed by atoms with E-state index in [1.165, 1.54) is 6.07 Å². The van der Waals surface area contributed by atoms with Crippen LogP contribution < -0.4 is 5.32 Å². The Bertz CT molecular complexity index is 491. The molecule has 1 unspecified atom stereocenters. The Morgan fingerprint density at radius 3 is 2.55 bits per heavy atom. The summed E-state index contributed by atoms with van der Waals surface area (Å²) in [6.07, 6.45) is -0.0283. The summed E-state index contributed by atoms with van der Waals surface area (Å²) in [6, 6.07) is 4.00. The predicted octanol–water partition coefficient (Wildman–Crippen LogP) is 3.11. The molecule has 0 aliphatic heterocycles. The van der Waals surface area contributed by atoms with Crippen molar-refractivity contribution < 1.29 is 14.3 Å². The summed E-state index contributed by atoms with van der Waals surface area (Å²) in [5.74, 6) is -0.668. The van der Waals surface area contributed by atoms with Gasteiger partial charge in [0.15, 0.2) is 5.78 Å². The summed E-state index contributed by atoms with van der Waals surface area (Å²) in [6.45, 7) is 4.42. The highest BCUT2D eigenvalue weighted by molar-refractivity contribution is 6.37. The standard InChI is InChI=1S/C14H17Cl2NO3/c1-3-17-12(8-13(18)20-4-2)14(19)10-6-5-9(15)7-11(10)16/h5-7,12,17H,3-4,8H2,1-2H3. The van der Waals surface area contributed by atoms with Gasteiger partial charge in [-0.25, -0.2) is 0 Å². The topological polar surface area (TPSA) is 55.4 Å². The van der Waals surface area contributed by atoms with Crippen LogP contribution in [-0.4, -0.2) is 30.9 Å². The zero-order valence-electron chi connectivity index (χ0n) is 11.4. The van der Waals surface area contributed by atoms with Gasteiger partial charge in [-0.3, -0.25) is 9.59 Å². The van der Waals surface area contributed by atoms with E-state index >= 15 is 0 Å². The van der Waals surface area contributed by atoms with Gasteiger partial charge < -0.3 is 10.1 Å². The average Bonchev–Trinajstić information content (AvgIpc) is 2.38. The Kier molecular flexibility index (Phi) is 6.99. The van der Waals surface area contributed by atoms with Crippen molar-refractivity contribution in [3.8, 4) is 0 Å². The molecule has 1 rings (SSSR count). The van der Waals surface area contributed by atoms with Crippen molar-refractivity contribution in [2.75, 3.05) is 13.2 Å². The smallest absolute Gasteiger partial charge is 0.307 e. The van der Waals surface area contributed by atoms with E-state index in [4.69, 9.17) is 27.9 Å². The first-order valence-corrected chi connectivity index (χ1v) is 7.13. The minimum absolute atomic E-state index is 0.0283. The summed E-state index contributed by atoms with van der Waals surface area (Å²) >= 11 is 11.8. The van der Waals surface area contributed by atoms with E-state index < -0.39 is 12.0 Å². The van der Waals surface area contributed by atoms with E-state index in [0.717, 1.165) is 0 Å². The maximum atomic E-state index is 12.4. The fourth-order valence-corrected chi connectivity index (χ4v) is 2.27. The number of hydrogen-bond acceptors (Lipinski definition) is 4. The van der Waals surface area contributed by atoms with Crippen molar-refractivity contribution in [3.63, 3.8) is 0 Å². The molecule has 0 aliphatic carbocycles. The molecule has 20 heavy (non-hydrogen) atoms. The molecular weight excluding hydrogens is 301 g/mol. The van der Waals surface area contributed by atoms with Crippen molar-refractivity contribution in [3.05, 3.63) is 33.8 Å². The monoisotopic (exact) mass is 317 g/mol. The lowest BCUT2D eigenvalue weighted by molar-refractivity contribution is -0.143. The fraction of sp³-hybridized carbons (Fsp3) is 0.429. The van der Waals surface area contributed by atoms with Gasteiger partial charge in [0.05, 0.1) is 24.1 Å². The molecule has 0 amide bonds. The van der Waals surface area contributed by atoms with Crippen LogP contribution >= 0.6 is 23.2 Å². The van der Waals surface area contributed by atoms with E-state index in [2.05, 4.69) is 5.32 Å². The van der Waals surface area contributed by atoms with E-state index in [0.29, 0.717) is 17.1 Å². The molecular formula is C14H17Cl2NO3. The second-order valence-electron chi connectivity index (χ2n) is 4.11. The van der Waals surface area contributed by atoms with E-state index in [1.54, 1.807) is 19.1 Å². The normalized spacial score (nSPS) is 12.0. The first-order chi connectivity index (χ1) is 9.49. The largest absolute Gasteiger partial charge is 0.466 e. The van der Waals surface area contributed by atoms with Gasteiger partial charge in [-0.15, -0.1) is 0 Å². The molecule has 1 aromatic carbocycles.